The van der Waals surface area contributed by atoms with Gasteiger partial charge in [0.15, 0.2) is 0 Å². The van der Waals surface area contributed by atoms with E-state index in [1.165, 1.54) is 26.0 Å². The largest absolute Gasteiger partial charge is 0.274 e. The molecule has 4 rings (SSSR count). The molecular weight excluding hydrogens is 408 g/mol. The lowest BCUT2D eigenvalue weighted by Gasteiger charge is -2.21. The molecule has 2 aliphatic heterocycles. The molecule has 0 fully saturated rings. The van der Waals surface area contributed by atoms with Gasteiger partial charge in [0.1, 0.15) is 0 Å². The third kappa shape index (κ3) is 2.91. The summed E-state index contributed by atoms with van der Waals surface area (Å²) in [6, 6.07) is 16.3. The monoisotopic (exact) mass is 422 g/mol. The molecule has 0 spiro atoms. The molecule has 0 bridgehead atoms. The molecule has 0 saturated carbocycles. The number of carbonyl (C=O) groups excluding carboxylic acids is 4. The van der Waals surface area contributed by atoms with E-state index in [-0.39, 0.29) is 33.7 Å². The van der Waals surface area contributed by atoms with Crippen LogP contribution in [0.4, 0.5) is 0 Å². The van der Waals surface area contributed by atoms with Gasteiger partial charge in [-0.15, -0.1) is 0 Å². The van der Waals surface area contributed by atoms with E-state index < -0.39 is 23.6 Å². The van der Waals surface area contributed by atoms with Gasteiger partial charge in [-0.1, -0.05) is 24.3 Å². The minimum Gasteiger partial charge on any atom is -0.274 e. The van der Waals surface area contributed by atoms with Gasteiger partial charge >= 0.3 is 0 Å². The van der Waals surface area contributed by atoms with Gasteiger partial charge in [-0.2, -0.15) is 10.5 Å². The number of carbonyl (C=O) groups is 4. The minimum absolute atomic E-state index is 0.0253. The highest BCUT2D eigenvalue weighted by atomic mass is 16.2. The Morgan fingerprint density at radius 1 is 0.719 bits per heavy atom. The summed E-state index contributed by atoms with van der Waals surface area (Å²) in [6.07, 6.45) is 0. The van der Waals surface area contributed by atoms with Gasteiger partial charge < -0.3 is 0 Å². The molecule has 0 radical (unpaired) electrons. The highest BCUT2D eigenvalue weighted by Crippen LogP contribution is 2.46. The summed E-state index contributed by atoms with van der Waals surface area (Å²) in [5.74, 6) is -2.73. The number of nitrogens with zero attached hydrogens (tertiary/aromatic N) is 4. The molecule has 8 heteroatoms. The van der Waals surface area contributed by atoms with Crippen LogP contribution in [0.3, 0.4) is 0 Å². The lowest BCUT2D eigenvalue weighted by Crippen LogP contribution is -2.34. The maximum Gasteiger partial charge on any atom is 0.268 e. The summed E-state index contributed by atoms with van der Waals surface area (Å²) >= 11 is 0. The van der Waals surface area contributed by atoms with Crippen molar-refractivity contribution in [1.29, 1.82) is 10.5 Å². The first kappa shape index (κ1) is 20.5. The fourth-order valence-electron chi connectivity index (χ4n) is 3.92. The Balaban J connectivity index is 2.10. The summed E-state index contributed by atoms with van der Waals surface area (Å²) in [5.41, 5.74) is 1.07. The zero-order valence-corrected chi connectivity index (χ0v) is 17.0. The van der Waals surface area contributed by atoms with Crippen molar-refractivity contribution in [3.05, 3.63) is 81.9 Å². The van der Waals surface area contributed by atoms with Crippen LogP contribution >= 0.6 is 0 Å². The van der Waals surface area contributed by atoms with Crippen LogP contribution in [0.25, 0.3) is 11.4 Å². The molecule has 2 aromatic rings. The molecule has 0 aromatic heterocycles. The minimum atomic E-state index is -0.751. The van der Waals surface area contributed by atoms with Gasteiger partial charge in [-0.25, -0.2) is 9.80 Å². The topological polar surface area (TPSA) is 122 Å². The summed E-state index contributed by atoms with van der Waals surface area (Å²) in [4.78, 5) is 53.4. The van der Waals surface area contributed by atoms with E-state index in [2.05, 4.69) is 0 Å². The molecule has 0 atom stereocenters. The Hall–Kier alpha value is -4.82. The molecule has 8 nitrogen and oxygen atoms in total. The third-order valence-corrected chi connectivity index (χ3v) is 5.16. The fraction of sp³-hybridized carbons (Fsp3) is 0.0833. The molecule has 154 valence electrons. The molecule has 2 heterocycles. The smallest absolute Gasteiger partial charge is 0.268 e. The fourth-order valence-corrected chi connectivity index (χ4v) is 3.92. The van der Waals surface area contributed by atoms with Crippen molar-refractivity contribution < 1.29 is 19.2 Å². The number of imide groups is 2. The molecule has 0 saturated heterocycles. The summed E-state index contributed by atoms with van der Waals surface area (Å²) in [6.45, 7) is 2.38. The molecule has 4 amide bonds. The normalized spacial score (nSPS) is 15.1. The van der Waals surface area contributed by atoms with Gasteiger partial charge in [0.25, 0.3) is 11.8 Å². The van der Waals surface area contributed by atoms with Gasteiger partial charge in [0, 0.05) is 25.0 Å². The first-order valence-electron chi connectivity index (χ1n) is 9.50. The Morgan fingerprint density at radius 2 is 1.09 bits per heavy atom. The van der Waals surface area contributed by atoms with Crippen molar-refractivity contribution >= 4 is 35.0 Å². The van der Waals surface area contributed by atoms with Crippen molar-refractivity contribution in [3.8, 4) is 12.1 Å². The van der Waals surface area contributed by atoms with Crippen LogP contribution in [0.5, 0.6) is 0 Å². The van der Waals surface area contributed by atoms with Crippen molar-refractivity contribution in [2.45, 2.75) is 13.8 Å². The van der Waals surface area contributed by atoms with Crippen molar-refractivity contribution in [2.75, 3.05) is 0 Å². The summed E-state index contributed by atoms with van der Waals surface area (Å²) in [5, 5.41) is 18.5. The van der Waals surface area contributed by atoms with Crippen LogP contribution < -0.4 is 0 Å². The Morgan fingerprint density at radius 3 is 1.41 bits per heavy atom. The number of benzene rings is 2. The number of hydrogen-bond donors (Lipinski definition) is 0. The maximum absolute atomic E-state index is 13.4. The van der Waals surface area contributed by atoms with Crippen LogP contribution in [0.2, 0.25) is 0 Å². The van der Waals surface area contributed by atoms with E-state index >= 15 is 0 Å². The second-order valence-electron chi connectivity index (χ2n) is 7.15. The number of nitriles is 2. The lowest BCUT2D eigenvalue weighted by molar-refractivity contribution is -0.137. The predicted molar refractivity (Wildman–Crippen MR) is 111 cm³/mol. The number of amides is 4. The van der Waals surface area contributed by atoms with Crippen molar-refractivity contribution in [1.82, 2.24) is 9.80 Å². The highest BCUT2D eigenvalue weighted by molar-refractivity contribution is 6.36. The lowest BCUT2D eigenvalue weighted by atomic mass is 10.0. The van der Waals surface area contributed by atoms with Crippen LogP contribution in [0.1, 0.15) is 36.1 Å². The second-order valence-corrected chi connectivity index (χ2v) is 7.15. The molecule has 0 aliphatic carbocycles. The summed E-state index contributed by atoms with van der Waals surface area (Å²) < 4.78 is 0. The third-order valence-electron chi connectivity index (χ3n) is 5.16. The van der Waals surface area contributed by atoms with Crippen LogP contribution in [0.15, 0.2) is 59.7 Å². The second kappa shape index (κ2) is 7.46. The van der Waals surface area contributed by atoms with Crippen molar-refractivity contribution in [2.24, 2.45) is 0 Å². The van der Waals surface area contributed by atoms with E-state index in [0.29, 0.717) is 11.1 Å². The SMILES string of the molecule is CC(=O)N1C(=O)C2=C(c3cccc(C#N)c3)N(C(C)=O)C(=O)C2=C1c1cccc(C#N)c1. The molecule has 0 N–H and O–H groups in total. The molecule has 32 heavy (non-hydrogen) atoms. The Kier molecular flexibility index (Phi) is 4.77. The highest BCUT2D eigenvalue weighted by Gasteiger charge is 2.51. The first-order valence-corrected chi connectivity index (χ1v) is 9.50. The van der Waals surface area contributed by atoms with E-state index in [9.17, 15) is 29.7 Å². The molecular formula is C24H14N4O4. The van der Waals surface area contributed by atoms with Gasteiger partial charge in [-0.05, 0) is 24.3 Å². The van der Waals surface area contributed by atoms with E-state index in [0.717, 1.165) is 9.80 Å². The van der Waals surface area contributed by atoms with Crippen LogP contribution in [-0.4, -0.2) is 33.4 Å². The van der Waals surface area contributed by atoms with Crippen LogP contribution in [-0.2, 0) is 19.2 Å². The molecule has 2 aliphatic rings. The Labute approximate surface area is 182 Å². The van der Waals surface area contributed by atoms with E-state index in [1.54, 1.807) is 36.4 Å². The number of rotatable bonds is 2. The average molecular weight is 422 g/mol. The summed E-state index contributed by atoms with van der Waals surface area (Å²) in [7, 11) is 0. The number of fused-ring (bicyclic) bond motifs is 1. The van der Waals surface area contributed by atoms with E-state index in [1.807, 2.05) is 12.1 Å². The zero-order chi connectivity index (χ0) is 23.2. The van der Waals surface area contributed by atoms with Gasteiger partial charge in [0.05, 0.1) is 45.8 Å². The molecule has 0 unspecified atom stereocenters. The maximum atomic E-state index is 13.4. The van der Waals surface area contributed by atoms with E-state index in [4.69, 9.17) is 0 Å². The standard InChI is InChI=1S/C24H14N4O4/c1-13(29)27-21(17-7-3-5-15(9-17)11-25)19-20(23(27)31)22(28(14(2)30)24(19)32)18-8-4-6-16(10-18)12-26/h3-10H,1-2H3. The van der Waals surface area contributed by atoms with Gasteiger partial charge in [-0.3, -0.25) is 19.2 Å². The van der Waals surface area contributed by atoms with Crippen molar-refractivity contribution in [3.63, 3.8) is 0 Å². The molecule has 2 aromatic carbocycles. The Bertz CT molecular complexity index is 1290. The quantitative estimate of drug-likeness (QED) is 0.732. The number of hydrogen-bond acceptors (Lipinski definition) is 6. The van der Waals surface area contributed by atoms with Gasteiger partial charge in [0.2, 0.25) is 11.8 Å². The average Bonchev–Trinajstić information content (AvgIpc) is 3.26. The first-order chi connectivity index (χ1) is 15.3. The predicted octanol–water partition coefficient (Wildman–Crippen LogP) is 2.33. The zero-order valence-electron chi connectivity index (χ0n) is 17.0. The van der Waals surface area contributed by atoms with Crippen LogP contribution in [0, 0.1) is 22.7 Å².